The highest BCUT2D eigenvalue weighted by molar-refractivity contribution is 7.99. The molecule has 0 aliphatic rings. The van der Waals surface area contributed by atoms with Gasteiger partial charge in [-0.1, -0.05) is 13.8 Å². The first kappa shape index (κ1) is 14.0. The average Bonchev–Trinajstić information content (AvgIpc) is 2.55. The summed E-state index contributed by atoms with van der Waals surface area (Å²) >= 11 is 3.84. The van der Waals surface area contributed by atoms with Crippen molar-refractivity contribution in [3.63, 3.8) is 0 Å². The molecule has 1 N–H and O–H groups in total. The molecule has 1 aromatic heterocycles. The Hall–Kier alpha value is -0.0600. The van der Waals surface area contributed by atoms with Crippen molar-refractivity contribution in [3.8, 4) is 0 Å². The molecule has 1 unspecified atom stereocenters. The van der Waals surface area contributed by atoms with Crippen molar-refractivity contribution in [1.82, 2.24) is 10.3 Å². The molecule has 2 nitrogen and oxygen atoms in total. The van der Waals surface area contributed by atoms with Crippen LogP contribution in [0.25, 0.3) is 0 Å². The van der Waals surface area contributed by atoms with E-state index in [0.717, 1.165) is 13.0 Å². The zero-order chi connectivity index (χ0) is 12.0. The lowest BCUT2D eigenvalue weighted by atomic mass is 10.2. The maximum Gasteiger partial charge on any atom is 0.0946 e. The lowest BCUT2D eigenvalue weighted by Gasteiger charge is -2.15. The first-order chi connectivity index (χ1) is 7.67. The third kappa shape index (κ3) is 4.44. The molecule has 0 fully saturated rings. The summed E-state index contributed by atoms with van der Waals surface area (Å²) in [4.78, 5) is 5.96. The van der Waals surface area contributed by atoms with Gasteiger partial charge >= 0.3 is 0 Å². The van der Waals surface area contributed by atoms with E-state index in [9.17, 15) is 0 Å². The Morgan fingerprint density at radius 1 is 1.38 bits per heavy atom. The van der Waals surface area contributed by atoms with Crippen molar-refractivity contribution < 1.29 is 0 Å². The highest BCUT2D eigenvalue weighted by Gasteiger charge is 2.11. The number of hydrogen-bond donors (Lipinski definition) is 1. The van der Waals surface area contributed by atoms with Crippen LogP contribution in [0.2, 0.25) is 0 Å². The molecule has 0 saturated carbocycles. The maximum absolute atomic E-state index is 4.61. The summed E-state index contributed by atoms with van der Waals surface area (Å²) in [7, 11) is 0. The predicted molar refractivity (Wildman–Crippen MR) is 75.8 cm³/mol. The van der Waals surface area contributed by atoms with E-state index in [1.165, 1.54) is 27.1 Å². The topological polar surface area (TPSA) is 24.9 Å². The van der Waals surface area contributed by atoms with Gasteiger partial charge in [-0.15, -0.1) is 11.3 Å². The van der Waals surface area contributed by atoms with Gasteiger partial charge in [0.15, 0.2) is 0 Å². The molecule has 16 heavy (non-hydrogen) atoms. The third-order valence-electron chi connectivity index (χ3n) is 2.51. The SMILES string of the molecule is CCNC(CSCC)Cc1nc(C)c(C)s1. The molecule has 0 aromatic carbocycles. The van der Waals surface area contributed by atoms with Crippen LogP contribution in [0.3, 0.4) is 0 Å². The second kappa shape index (κ2) is 7.30. The zero-order valence-electron chi connectivity index (χ0n) is 10.7. The second-order valence-corrected chi connectivity index (χ2v) is 6.47. The smallest absolute Gasteiger partial charge is 0.0946 e. The molecule has 0 amide bonds. The summed E-state index contributed by atoms with van der Waals surface area (Å²) in [5, 5.41) is 4.82. The highest BCUT2D eigenvalue weighted by Crippen LogP contribution is 2.18. The van der Waals surface area contributed by atoms with E-state index < -0.39 is 0 Å². The Balaban J connectivity index is 2.52. The molecule has 0 spiro atoms. The summed E-state index contributed by atoms with van der Waals surface area (Å²) in [6, 6.07) is 0.569. The van der Waals surface area contributed by atoms with Crippen LogP contribution in [0.4, 0.5) is 0 Å². The highest BCUT2D eigenvalue weighted by atomic mass is 32.2. The van der Waals surface area contributed by atoms with E-state index in [4.69, 9.17) is 0 Å². The summed E-state index contributed by atoms with van der Waals surface area (Å²) in [5.41, 5.74) is 1.19. The van der Waals surface area contributed by atoms with Crippen LogP contribution in [0.5, 0.6) is 0 Å². The molecule has 0 bridgehead atoms. The quantitative estimate of drug-likeness (QED) is 0.814. The molecule has 1 rings (SSSR count). The van der Waals surface area contributed by atoms with Crippen LogP contribution >= 0.6 is 23.1 Å². The van der Waals surface area contributed by atoms with Crippen LogP contribution in [-0.2, 0) is 6.42 Å². The molecule has 1 atom stereocenters. The number of nitrogens with zero attached hydrogens (tertiary/aromatic N) is 1. The first-order valence-corrected chi connectivity index (χ1v) is 7.88. The van der Waals surface area contributed by atoms with Crippen molar-refractivity contribution in [1.29, 1.82) is 0 Å². The number of nitrogens with one attached hydrogen (secondary N) is 1. The Kier molecular flexibility index (Phi) is 6.39. The molecule has 1 aromatic rings. The van der Waals surface area contributed by atoms with Crippen molar-refractivity contribution in [2.75, 3.05) is 18.1 Å². The molecule has 0 saturated heterocycles. The van der Waals surface area contributed by atoms with Gasteiger partial charge in [-0.2, -0.15) is 11.8 Å². The number of thiazole rings is 1. The third-order valence-corrected chi connectivity index (χ3v) is 4.65. The molecule has 4 heteroatoms. The Morgan fingerprint density at radius 2 is 2.12 bits per heavy atom. The number of likely N-dealkylation sites (N-methyl/N-ethyl adjacent to an activating group) is 1. The Labute approximate surface area is 107 Å². The normalized spacial score (nSPS) is 13.0. The second-order valence-electron chi connectivity index (χ2n) is 3.87. The fourth-order valence-electron chi connectivity index (χ4n) is 1.58. The molecule has 92 valence electrons. The number of hydrogen-bond acceptors (Lipinski definition) is 4. The van der Waals surface area contributed by atoms with Gasteiger partial charge in [-0.25, -0.2) is 4.98 Å². The van der Waals surface area contributed by atoms with Gasteiger partial charge in [0.2, 0.25) is 0 Å². The van der Waals surface area contributed by atoms with Crippen LogP contribution < -0.4 is 5.32 Å². The fraction of sp³-hybridized carbons (Fsp3) is 0.750. The minimum atomic E-state index is 0.569. The van der Waals surface area contributed by atoms with Crippen molar-refractivity contribution in [3.05, 3.63) is 15.6 Å². The monoisotopic (exact) mass is 258 g/mol. The number of thioether (sulfide) groups is 1. The lowest BCUT2D eigenvalue weighted by molar-refractivity contribution is 0.571. The molecular formula is C12H22N2S2. The van der Waals surface area contributed by atoms with Crippen molar-refractivity contribution in [2.24, 2.45) is 0 Å². The van der Waals surface area contributed by atoms with Gasteiger partial charge in [0.05, 0.1) is 10.7 Å². The molecule has 0 radical (unpaired) electrons. The average molecular weight is 258 g/mol. The van der Waals surface area contributed by atoms with Crippen LogP contribution in [-0.4, -0.2) is 29.1 Å². The first-order valence-electron chi connectivity index (χ1n) is 5.91. The summed E-state index contributed by atoms with van der Waals surface area (Å²) in [6.07, 6.45) is 1.07. The van der Waals surface area contributed by atoms with E-state index in [2.05, 4.69) is 38.0 Å². The van der Waals surface area contributed by atoms with E-state index in [-0.39, 0.29) is 0 Å². The van der Waals surface area contributed by atoms with Gasteiger partial charge in [0.1, 0.15) is 0 Å². The summed E-state index contributed by atoms with van der Waals surface area (Å²) in [5.74, 6) is 2.37. The number of aryl methyl sites for hydroxylation is 2. The standard InChI is InChI=1S/C12H22N2S2/c1-5-13-11(8-15-6-2)7-12-14-9(3)10(4)16-12/h11,13H,5-8H2,1-4H3. The van der Waals surface area contributed by atoms with Crippen LogP contribution in [0.15, 0.2) is 0 Å². The van der Waals surface area contributed by atoms with Gasteiger partial charge in [0, 0.05) is 23.1 Å². The Morgan fingerprint density at radius 3 is 2.62 bits per heavy atom. The van der Waals surface area contributed by atoms with Gasteiger partial charge in [0.25, 0.3) is 0 Å². The van der Waals surface area contributed by atoms with Gasteiger partial charge in [-0.3, -0.25) is 0 Å². The number of rotatable bonds is 7. The van der Waals surface area contributed by atoms with Crippen molar-refractivity contribution in [2.45, 2.75) is 40.2 Å². The zero-order valence-corrected chi connectivity index (χ0v) is 12.3. The van der Waals surface area contributed by atoms with Gasteiger partial charge in [-0.05, 0) is 26.1 Å². The van der Waals surface area contributed by atoms with E-state index in [1.54, 1.807) is 0 Å². The van der Waals surface area contributed by atoms with E-state index in [1.807, 2.05) is 23.1 Å². The molecule has 0 aliphatic heterocycles. The lowest BCUT2D eigenvalue weighted by Crippen LogP contribution is -2.33. The van der Waals surface area contributed by atoms with E-state index in [0.29, 0.717) is 6.04 Å². The Bertz CT molecular complexity index is 290. The summed E-state index contributed by atoms with van der Waals surface area (Å²) in [6.45, 7) is 9.67. The van der Waals surface area contributed by atoms with Crippen molar-refractivity contribution >= 4 is 23.1 Å². The minimum Gasteiger partial charge on any atom is -0.313 e. The van der Waals surface area contributed by atoms with Gasteiger partial charge < -0.3 is 5.32 Å². The maximum atomic E-state index is 4.61. The predicted octanol–water partition coefficient (Wildman–Crippen LogP) is 3.03. The molecule has 0 aliphatic carbocycles. The summed E-state index contributed by atoms with van der Waals surface area (Å²) < 4.78 is 0. The molecule has 1 heterocycles. The minimum absolute atomic E-state index is 0.569. The number of aromatic nitrogens is 1. The van der Waals surface area contributed by atoms with E-state index >= 15 is 0 Å². The largest absolute Gasteiger partial charge is 0.313 e. The molecular weight excluding hydrogens is 236 g/mol. The fourth-order valence-corrected chi connectivity index (χ4v) is 3.35. The van der Waals surface area contributed by atoms with Crippen LogP contribution in [0, 0.1) is 13.8 Å². The van der Waals surface area contributed by atoms with Crippen LogP contribution in [0.1, 0.15) is 29.4 Å².